The standard InChI is InChI=1S/C17H14Cl2N2O2S/c18-11-3-1-2-10(6-11)9-20-16(22)8-15-17(23)21-13-7-12(19)4-5-14(13)24-15/h1-7,15H,8-9H2,(H,20,22)(H,21,23). The van der Waals surface area contributed by atoms with Crippen LogP contribution in [0.1, 0.15) is 12.0 Å². The van der Waals surface area contributed by atoms with Gasteiger partial charge in [0.15, 0.2) is 0 Å². The molecule has 1 unspecified atom stereocenters. The predicted octanol–water partition coefficient (Wildman–Crippen LogP) is 4.11. The van der Waals surface area contributed by atoms with Crippen molar-refractivity contribution in [1.82, 2.24) is 5.32 Å². The fourth-order valence-electron chi connectivity index (χ4n) is 2.35. The highest BCUT2D eigenvalue weighted by molar-refractivity contribution is 8.01. The number of carbonyl (C=O) groups excluding carboxylic acids is 2. The number of rotatable bonds is 4. The maximum Gasteiger partial charge on any atom is 0.238 e. The van der Waals surface area contributed by atoms with Gasteiger partial charge in [-0.3, -0.25) is 9.59 Å². The van der Waals surface area contributed by atoms with E-state index in [-0.39, 0.29) is 18.2 Å². The average Bonchev–Trinajstić information content (AvgIpc) is 2.54. The van der Waals surface area contributed by atoms with E-state index >= 15 is 0 Å². The van der Waals surface area contributed by atoms with Crippen LogP contribution in [0.5, 0.6) is 0 Å². The van der Waals surface area contributed by atoms with Crippen molar-refractivity contribution in [2.75, 3.05) is 5.32 Å². The minimum atomic E-state index is -0.460. The van der Waals surface area contributed by atoms with Gasteiger partial charge in [-0.2, -0.15) is 0 Å². The van der Waals surface area contributed by atoms with E-state index in [4.69, 9.17) is 23.2 Å². The van der Waals surface area contributed by atoms with Crippen molar-refractivity contribution in [1.29, 1.82) is 0 Å². The summed E-state index contributed by atoms with van der Waals surface area (Å²) in [6.07, 6.45) is 0.110. The Labute approximate surface area is 153 Å². The van der Waals surface area contributed by atoms with Crippen molar-refractivity contribution >= 4 is 52.5 Å². The van der Waals surface area contributed by atoms with E-state index in [0.717, 1.165) is 10.5 Å². The lowest BCUT2D eigenvalue weighted by atomic mass is 10.2. The van der Waals surface area contributed by atoms with Crippen molar-refractivity contribution in [3.05, 3.63) is 58.1 Å². The summed E-state index contributed by atoms with van der Waals surface area (Å²) in [6, 6.07) is 12.6. The fourth-order valence-corrected chi connectivity index (χ4v) is 3.82. The first-order valence-electron chi connectivity index (χ1n) is 7.29. The molecule has 0 aliphatic carbocycles. The van der Waals surface area contributed by atoms with Crippen LogP contribution in [-0.2, 0) is 16.1 Å². The number of carbonyl (C=O) groups is 2. The molecule has 2 N–H and O–H groups in total. The first-order valence-corrected chi connectivity index (χ1v) is 8.93. The summed E-state index contributed by atoms with van der Waals surface area (Å²) in [6.45, 7) is 0.380. The van der Waals surface area contributed by atoms with Crippen molar-refractivity contribution < 1.29 is 9.59 Å². The van der Waals surface area contributed by atoms with Gasteiger partial charge in [0.05, 0.1) is 10.9 Å². The molecule has 1 heterocycles. The molecule has 24 heavy (non-hydrogen) atoms. The molecule has 0 radical (unpaired) electrons. The van der Waals surface area contributed by atoms with E-state index in [9.17, 15) is 9.59 Å². The van der Waals surface area contributed by atoms with E-state index in [1.807, 2.05) is 18.2 Å². The molecule has 1 aliphatic rings. The number of halogens is 2. The topological polar surface area (TPSA) is 58.2 Å². The third-order valence-corrected chi connectivity index (χ3v) is 5.26. The summed E-state index contributed by atoms with van der Waals surface area (Å²) in [5, 5.41) is 6.34. The Morgan fingerprint density at radius 3 is 2.75 bits per heavy atom. The van der Waals surface area contributed by atoms with Gasteiger partial charge in [0.25, 0.3) is 0 Å². The Morgan fingerprint density at radius 2 is 1.96 bits per heavy atom. The maximum absolute atomic E-state index is 12.2. The molecule has 0 fully saturated rings. The van der Waals surface area contributed by atoms with Crippen molar-refractivity contribution in [3.8, 4) is 0 Å². The minimum absolute atomic E-state index is 0.110. The quantitative estimate of drug-likeness (QED) is 0.838. The summed E-state index contributed by atoms with van der Waals surface area (Å²) in [5.41, 5.74) is 1.60. The van der Waals surface area contributed by atoms with Gasteiger partial charge in [-0.15, -0.1) is 11.8 Å². The molecule has 3 rings (SSSR count). The molecule has 124 valence electrons. The van der Waals surface area contributed by atoms with E-state index in [2.05, 4.69) is 10.6 Å². The summed E-state index contributed by atoms with van der Waals surface area (Å²) in [7, 11) is 0. The number of hydrogen-bond donors (Lipinski definition) is 2. The number of fused-ring (bicyclic) bond motifs is 1. The van der Waals surface area contributed by atoms with Crippen LogP contribution in [0.15, 0.2) is 47.4 Å². The highest BCUT2D eigenvalue weighted by atomic mass is 35.5. The van der Waals surface area contributed by atoms with Crippen molar-refractivity contribution in [3.63, 3.8) is 0 Å². The van der Waals surface area contributed by atoms with Crippen LogP contribution in [0, 0.1) is 0 Å². The zero-order valence-corrected chi connectivity index (χ0v) is 14.8. The molecular formula is C17H14Cl2N2O2S. The van der Waals surface area contributed by atoms with Crippen LogP contribution in [0.3, 0.4) is 0 Å². The number of amides is 2. The number of nitrogens with one attached hydrogen (secondary N) is 2. The summed E-state index contributed by atoms with van der Waals surface area (Å²) < 4.78 is 0. The number of thioether (sulfide) groups is 1. The Hall–Kier alpha value is -1.69. The summed E-state index contributed by atoms with van der Waals surface area (Å²) >= 11 is 13.2. The summed E-state index contributed by atoms with van der Waals surface area (Å²) in [4.78, 5) is 25.2. The first kappa shape index (κ1) is 17.1. The SMILES string of the molecule is O=C(CC1Sc2ccc(Cl)cc2NC1=O)NCc1cccc(Cl)c1. The third-order valence-electron chi connectivity index (χ3n) is 3.51. The van der Waals surface area contributed by atoms with Gasteiger partial charge in [-0.05, 0) is 35.9 Å². The molecule has 0 aromatic heterocycles. The predicted molar refractivity (Wildman–Crippen MR) is 97.6 cm³/mol. The Morgan fingerprint density at radius 1 is 1.17 bits per heavy atom. The maximum atomic E-state index is 12.2. The highest BCUT2D eigenvalue weighted by Gasteiger charge is 2.29. The molecule has 4 nitrogen and oxygen atoms in total. The normalized spacial score (nSPS) is 16.2. The van der Waals surface area contributed by atoms with Gasteiger partial charge < -0.3 is 10.6 Å². The molecule has 0 saturated carbocycles. The van der Waals surface area contributed by atoms with Gasteiger partial charge in [-0.25, -0.2) is 0 Å². The number of hydrogen-bond acceptors (Lipinski definition) is 3. The zero-order valence-electron chi connectivity index (χ0n) is 12.5. The molecule has 0 spiro atoms. The lowest BCUT2D eigenvalue weighted by Crippen LogP contribution is -2.34. The zero-order chi connectivity index (χ0) is 17.1. The second kappa shape index (κ2) is 7.47. The summed E-state index contributed by atoms with van der Waals surface area (Å²) in [5.74, 6) is -0.368. The van der Waals surface area contributed by atoms with Crippen LogP contribution in [0.2, 0.25) is 10.0 Å². The molecule has 2 aromatic rings. The van der Waals surface area contributed by atoms with Crippen LogP contribution in [-0.4, -0.2) is 17.1 Å². The van der Waals surface area contributed by atoms with Gasteiger partial charge in [0.1, 0.15) is 0 Å². The number of anilines is 1. The fraction of sp³-hybridized carbons (Fsp3) is 0.176. The monoisotopic (exact) mass is 380 g/mol. The molecule has 2 aromatic carbocycles. The van der Waals surface area contributed by atoms with Crippen LogP contribution < -0.4 is 10.6 Å². The molecule has 0 bridgehead atoms. The lowest BCUT2D eigenvalue weighted by molar-refractivity contribution is -0.124. The van der Waals surface area contributed by atoms with Gasteiger partial charge in [0, 0.05) is 27.9 Å². The van der Waals surface area contributed by atoms with Crippen molar-refractivity contribution in [2.24, 2.45) is 0 Å². The van der Waals surface area contributed by atoms with Crippen LogP contribution >= 0.6 is 35.0 Å². The molecule has 7 heteroatoms. The van der Waals surface area contributed by atoms with Crippen molar-refractivity contribution in [2.45, 2.75) is 23.1 Å². The Balaban J connectivity index is 1.58. The molecule has 1 atom stereocenters. The molecule has 1 aliphatic heterocycles. The Bertz CT molecular complexity index is 798. The second-order valence-corrected chi connectivity index (χ2v) is 7.46. The second-order valence-electron chi connectivity index (χ2n) is 5.35. The van der Waals surface area contributed by atoms with Gasteiger partial charge in [-0.1, -0.05) is 35.3 Å². The van der Waals surface area contributed by atoms with E-state index in [0.29, 0.717) is 22.3 Å². The van der Waals surface area contributed by atoms with E-state index < -0.39 is 5.25 Å². The van der Waals surface area contributed by atoms with Gasteiger partial charge >= 0.3 is 0 Å². The minimum Gasteiger partial charge on any atom is -0.352 e. The Kier molecular flexibility index (Phi) is 5.33. The van der Waals surface area contributed by atoms with Gasteiger partial charge in [0.2, 0.25) is 11.8 Å². The van der Waals surface area contributed by atoms with E-state index in [1.54, 1.807) is 24.3 Å². The van der Waals surface area contributed by atoms with Crippen LogP contribution in [0.4, 0.5) is 5.69 Å². The smallest absolute Gasteiger partial charge is 0.238 e. The lowest BCUT2D eigenvalue weighted by Gasteiger charge is -2.23. The highest BCUT2D eigenvalue weighted by Crippen LogP contribution is 2.38. The van der Waals surface area contributed by atoms with Crippen LogP contribution in [0.25, 0.3) is 0 Å². The van der Waals surface area contributed by atoms with E-state index in [1.165, 1.54) is 11.8 Å². The largest absolute Gasteiger partial charge is 0.352 e. The molecule has 2 amide bonds. The molecule has 0 saturated heterocycles. The average molecular weight is 381 g/mol. The molecular weight excluding hydrogens is 367 g/mol. The number of benzene rings is 2. The first-order chi connectivity index (χ1) is 11.5. The third kappa shape index (κ3) is 4.23.